The number of halogens is 1. The van der Waals surface area contributed by atoms with Gasteiger partial charge in [0.15, 0.2) is 0 Å². The Morgan fingerprint density at radius 3 is 2.43 bits per heavy atom. The fourth-order valence-corrected chi connectivity index (χ4v) is 2.14. The Morgan fingerprint density at radius 1 is 1.04 bits per heavy atom. The van der Waals surface area contributed by atoms with Crippen molar-refractivity contribution >= 4 is 11.0 Å². The van der Waals surface area contributed by atoms with Gasteiger partial charge in [0.05, 0.1) is 11.5 Å². The molecule has 0 N–H and O–H groups in total. The van der Waals surface area contributed by atoms with Gasteiger partial charge < -0.3 is 13.9 Å². The molecule has 0 aliphatic rings. The lowest BCUT2D eigenvalue weighted by molar-refractivity contribution is 0.242. The van der Waals surface area contributed by atoms with Crippen molar-refractivity contribution in [3.63, 3.8) is 0 Å². The summed E-state index contributed by atoms with van der Waals surface area (Å²) in [6.45, 7) is 3.83. The van der Waals surface area contributed by atoms with Crippen LogP contribution in [0.15, 0.2) is 57.9 Å². The summed E-state index contributed by atoms with van der Waals surface area (Å²) in [6.07, 6.45) is 1.27. The number of fused-ring (bicyclic) bond motifs is 1. The molecule has 0 fully saturated rings. The number of ether oxygens (including phenoxy) is 2. The monoisotopic (exact) mass is 314 g/mol. The molecule has 5 heteroatoms. The largest absolute Gasteiger partial charge is 0.491 e. The van der Waals surface area contributed by atoms with Crippen LogP contribution in [0.1, 0.15) is 13.8 Å². The van der Waals surface area contributed by atoms with Crippen molar-refractivity contribution in [1.82, 2.24) is 0 Å². The summed E-state index contributed by atoms with van der Waals surface area (Å²) >= 11 is 0. The fraction of sp³-hybridized carbons (Fsp3) is 0.167. The Balaban J connectivity index is 1.95. The normalized spacial score (nSPS) is 11.0. The molecule has 0 radical (unpaired) electrons. The Hall–Kier alpha value is -2.82. The first kappa shape index (κ1) is 15.1. The summed E-state index contributed by atoms with van der Waals surface area (Å²) in [7, 11) is 0. The van der Waals surface area contributed by atoms with Crippen molar-refractivity contribution in [3.8, 4) is 17.2 Å². The quantitative estimate of drug-likeness (QED) is 0.711. The van der Waals surface area contributed by atoms with Crippen LogP contribution in [0.4, 0.5) is 4.39 Å². The van der Waals surface area contributed by atoms with E-state index in [2.05, 4.69) is 0 Å². The first-order valence-corrected chi connectivity index (χ1v) is 7.18. The standard InChI is InChI=1S/C18H15FO4/c1-11(2)22-14-7-8-15-16(9-14)21-10-17(18(15)20)23-13-5-3-12(19)4-6-13/h3-11H,1-2H3. The average Bonchev–Trinajstić information content (AvgIpc) is 2.51. The summed E-state index contributed by atoms with van der Waals surface area (Å²) in [5.74, 6) is 0.655. The maximum atomic E-state index is 12.9. The van der Waals surface area contributed by atoms with Crippen LogP contribution in [0.5, 0.6) is 17.2 Å². The molecule has 3 rings (SSSR count). The van der Waals surface area contributed by atoms with Crippen LogP contribution in [0, 0.1) is 5.82 Å². The number of hydrogen-bond acceptors (Lipinski definition) is 4. The maximum Gasteiger partial charge on any atom is 0.235 e. The summed E-state index contributed by atoms with van der Waals surface area (Å²) in [6, 6.07) is 10.4. The number of rotatable bonds is 4. The molecule has 0 amide bonds. The first-order valence-electron chi connectivity index (χ1n) is 7.18. The molecule has 0 spiro atoms. The van der Waals surface area contributed by atoms with Gasteiger partial charge in [-0.25, -0.2) is 4.39 Å². The summed E-state index contributed by atoms with van der Waals surface area (Å²) in [5, 5.41) is 0.390. The molecule has 1 heterocycles. The highest BCUT2D eigenvalue weighted by molar-refractivity contribution is 5.79. The smallest absolute Gasteiger partial charge is 0.235 e. The van der Waals surface area contributed by atoms with Crippen LogP contribution >= 0.6 is 0 Å². The van der Waals surface area contributed by atoms with E-state index in [4.69, 9.17) is 13.9 Å². The molecular formula is C18H15FO4. The van der Waals surface area contributed by atoms with Crippen molar-refractivity contribution < 1.29 is 18.3 Å². The van der Waals surface area contributed by atoms with Gasteiger partial charge in [0.1, 0.15) is 29.2 Å². The van der Waals surface area contributed by atoms with Gasteiger partial charge in [0.2, 0.25) is 11.2 Å². The highest BCUT2D eigenvalue weighted by atomic mass is 19.1. The molecule has 4 nitrogen and oxygen atoms in total. The van der Waals surface area contributed by atoms with Crippen molar-refractivity contribution in [2.45, 2.75) is 20.0 Å². The number of benzene rings is 2. The van der Waals surface area contributed by atoms with Crippen LogP contribution in [0.25, 0.3) is 11.0 Å². The van der Waals surface area contributed by atoms with Gasteiger partial charge in [0, 0.05) is 6.07 Å². The molecule has 1 aromatic heterocycles. The molecule has 0 unspecified atom stereocenters. The van der Waals surface area contributed by atoms with E-state index in [0.29, 0.717) is 22.5 Å². The lowest BCUT2D eigenvalue weighted by Gasteiger charge is -2.10. The van der Waals surface area contributed by atoms with E-state index in [1.54, 1.807) is 18.2 Å². The second kappa shape index (κ2) is 6.12. The molecule has 0 saturated carbocycles. The summed E-state index contributed by atoms with van der Waals surface area (Å²) < 4.78 is 29.4. The Kier molecular flexibility index (Phi) is 4.02. The van der Waals surface area contributed by atoms with E-state index in [0.717, 1.165) is 0 Å². The van der Waals surface area contributed by atoms with Crippen molar-refractivity contribution in [3.05, 3.63) is 64.8 Å². The minimum atomic E-state index is -0.374. The van der Waals surface area contributed by atoms with E-state index in [9.17, 15) is 9.18 Å². The number of hydrogen-bond donors (Lipinski definition) is 0. The summed E-state index contributed by atoms with van der Waals surface area (Å²) in [5.41, 5.74) is 0.117. The van der Waals surface area contributed by atoms with E-state index in [1.807, 2.05) is 13.8 Å². The van der Waals surface area contributed by atoms with Crippen molar-refractivity contribution in [1.29, 1.82) is 0 Å². The zero-order chi connectivity index (χ0) is 16.4. The molecule has 0 saturated heterocycles. The molecule has 0 aliphatic carbocycles. The predicted octanol–water partition coefficient (Wildman–Crippen LogP) is 4.51. The molecule has 0 bridgehead atoms. The lowest BCUT2D eigenvalue weighted by Crippen LogP contribution is -2.07. The van der Waals surface area contributed by atoms with Crippen LogP contribution in [0.3, 0.4) is 0 Å². The van der Waals surface area contributed by atoms with Crippen LogP contribution in [0.2, 0.25) is 0 Å². The van der Waals surface area contributed by atoms with Crippen LogP contribution in [-0.4, -0.2) is 6.10 Å². The van der Waals surface area contributed by atoms with Gasteiger partial charge in [-0.2, -0.15) is 0 Å². The average molecular weight is 314 g/mol. The van der Waals surface area contributed by atoms with E-state index in [1.165, 1.54) is 30.5 Å². The Morgan fingerprint density at radius 2 is 1.74 bits per heavy atom. The Labute approximate surface area is 132 Å². The molecule has 2 aromatic carbocycles. The Bertz CT molecular complexity index is 882. The predicted molar refractivity (Wildman–Crippen MR) is 84.7 cm³/mol. The third-order valence-corrected chi connectivity index (χ3v) is 3.13. The zero-order valence-electron chi connectivity index (χ0n) is 12.7. The zero-order valence-corrected chi connectivity index (χ0v) is 12.7. The van der Waals surface area contributed by atoms with Gasteiger partial charge in [-0.05, 0) is 50.2 Å². The highest BCUT2D eigenvalue weighted by Crippen LogP contribution is 2.24. The topological polar surface area (TPSA) is 48.7 Å². The molecule has 0 atom stereocenters. The van der Waals surface area contributed by atoms with Gasteiger partial charge in [0.25, 0.3) is 0 Å². The summed E-state index contributed by atoms with van der Waals surface area (Å²) in [4.78, 5) is 12.4. The van der Waals surface area contributed by atoms with Crippen molar-refractivity contribution in [2.24, 2.45) is 0 Å². The lowest BCUT2D eigenvalue weighted by atomic mass is 10.2. The third-order valence-electron chi connectivity index (χ3n) is 3.13. The molecular weight excluding hydrogens is 299 g/mol. The minimum absolute atomic E-state index is 0.0280. The highest BCUT2D eigenvalue weighted by Gasteiger charge is 2.10. The van der Waals surface area contributed by atoms with Crippen molar-refractivity contribution in [2.75, 3.05) is 0 Å². The first-order chi connectivity index (χ1) is 11.0. The molecule has 23 heavy (non-hydrogen) atoms. The molecule has 0 aliphatic heterocycles. The second-order valence-electron chi connectivity index (χ2n) is 5.31. The van der Waals surface area contributed by atoms with Gasteiger partial charge in [-0.1, -0.05) is 0 Å². The van der Waals surface area contributed by atoms with Gasteiger partial charge >= 0.3 is 0 Å². The van der Waals surface area contributed by atoms with Crippen LogP contribution in [-0.2, 0) is 0 Å². The SMILES string of the molecule is CC(C)Oc1ccc2c(=O)c(Oc3ccc(F)cc3)coc2c1. The maximum absolute atomic E-state index is 12.9. The molecule has 3 aromatic rings. The van der Waals surface area contributed by atoms with Gasteiger partial charge in [-0.3, -0.25) is 4.79 Å². The fourth-order valence-electron chi connectivity index (χ4n) is 2.14. The van der Waals surface area contributed by atoms with Gasteiger partial charge in [-0.15, -0.1) is 0 Å². The van der Waals surface area contributed by atoms with E-state index < -0.39 is 0 Å². The molecule has 118 valence electrons. The third kappa shape index (κ3) is 3.34. The van der Waals surface area contributed by atoms with E-state index in [-0.39, 0.29) is 23.1 Å². The van der Waals surface area contributed by atoms with Crippen LogP contribution < -0.4 is 14.9 Å². The van der Waals surface area contributed by atoms with E-state index >= 15 is 0 Å². The minimum Gasteiger partial charge on any atom is -0.491 e. The second-order valence-corrected chi connectivity index (χ2v) is 5.31.